The van der Waals surface area contributed by atoms with Crippen molar-refractivity contribution in [2.45, 2.75) is 51.0 Å². The van der Waals surface area contributed by atoms with Gasteiger partial charge in [-0.05, 0) is 36.8 Å². The Bertz CT molecular complexity index is 526. The summed E-state index contributed by atoms with van der Waals surface area (Å²) in [6, 6.07) is 9.05. The van der Waals surface area contributed by atoms with Crippen LogP contribution in [0.3, 0.4) is 0 Å². The molecule has 134 valence electrons. The lowest BCUT2D eigenvalue weighted by Crippen LogP contribution is -2.35. The van der Waals surface area contributed by atoms with Gasteiger partial charge in [-0.3, -0.25) is 0 Å². The van der Waals surface area contributed by atoms with Gasteiger partial charge >= 0.3 is 0 Å². The zero-order valence-electron chi connectivity index (χ0n) is 14.3. The second kappa shape index (κ2) is 9.58. The summed E-state index contributed by atoms with van der Waals surface area (Å²) in [4.78, 5) is 6.56. The van der Waals surface area contributed by atoms with Crippen molar-refractivity contribution in [2.24, 2.45) is 10.7 Å². The van der Waals surface area contributed by atoms with E-state index in [0.717, 1.165) is 26.1 Å². The van der Waals surface area contributed by atoms with Crippen LogP contribution in [0.2, 0.25) is 0 Å². The largest absolute Gasteiger partial charge is 0.381 e. The lowest BCUT2D eigenvalue weighted by atomic mass is 10.1. The maximum absolute atomic E-state index is 6.01. The summed E-state index contributed by atoms with van der Waals surface area (Å²) in [6.07, 6.45) is 4.80. The van der Waals surface area contributed by atoms with E-state index in [4.69, 9.17) is 15.2 Å². The monoisotopic (exact) mass is 445 g/mol. The van der Waals surface area contributed by atoms with Crippen molar-refractivity contribution in [3.63, 3.8) is 0 Å². The quantitative estimate of drug-likeness (QED) is 0.416. The Hall–Kier alpha value is -0.860. The Labute approximate surface area is 161 Å². The summed E-state index contributed by atoms with van der Waals surface area (Å²) in [6.45, 7) is 2.93. The second-order valence-corrected chi connectivity index (χ2v) is 6.46. The van der Waals surface area contributed by atoms with Crippen molar-refractivity contribution in [2.75, 3.05) is 20.3 Å². The summed E-state index contributed by atoms with van der Waals surface area (Å²) in [7, 11) is 2.02. The van der Waals surface area contributed by atoms with E-state index < -0.39 is 0 Å². The number of hydrogen-bond acceptors (Lipinski definition) is 3. The highest BCUT2D eigenvalue weighted by atomic mass is 127. The molecule has 1 heterocycles. The third-order valence-corrected chi connectivity index (χ3v) is 4.56. The van der Waals surface area contributed by atoms with Gasteiger partial charge in [0.25, 0.3) is 0 Å². The van der Waals surface area contributed by atoms with Crippen LogP contribution < -0.4 is 5.73 Å². The zero-order chi connectivity index (χ0) is 16.1. The van der Waals surface area contributed by atoms with Gasteiger partial charge in [0.05, 0.1) is 19.3 Å². The van der Waals surface area contributed by atoms with Crippen molar-refractivity contribution in [1.29, 1.82) is 0 Å². The number of aliphatic imine (C=N–C) groups is 1. The SMILES string of the molecule is CN(C(N)=NCc1ccc(COC2CCOCC2)cc1)C1CC1.I. The normalized spacial score (nSPS) is 19.0. The maximum atomic E-state index is 6.01. The average Bonchev–Trinajstić information content (AvgIpc) is 3.44. The van der Waals surface area contributed by atoms with Crippen LogP contribution in [0.1, 0.15) is 36.8 Å². The van der Waals surface area contributed by atoms with Gasteiger partial charge in [0.1, 0.15) is 0 Å². The molecule has 6 heteroatoms. The standard InChI is InChI=1S/C18H27N3O2.HI/c1-21(16-6-7-16)18(19)20-12-14-2-4-15(5-3-14)13-23-17-8-10-22-11-9-17;/h2-5,16-17H,6-13H2,1H3,(H2,19,20);1H. The van der Waals surface area contributed by atoms with E-state index in [1.54, 1.807) is 0 Å². The van der Waals surface area contributed by atoms with Crippen LogP contribution in [0.5, 0.6) is 0 Å². The molecule has 1 saturated carbocycles. The minimum absolute atomic E-state index is 0. The number of ether oxygens (including phenoxy) is 2. The molecule has 0 amide bonds. The highest BCUT2D eigenvalue weighted by Gasteiger charge is 2.27. The van der Waals surface area contributed by atoms with Crippen LogP contribution in [0.25, 0.3) is 0 Å². The van der Waals surface area contributed by atoms with Gasteiger partial charge in [0.15, 0.2) is 5.96 Å². The molecule has 3 rings (SSSR count). The third-order valence-electron chi connectivity index (χ3n) is 4.56. The Morgan fingerprint density at radius 2 is 1.79 bits per heavy atom. The number of guanidine groups is 1. The molecule has 1 aromatic rings. The van der Waals surface area contributed by atoms with Gasteiger partial charge in [-0.15, -0.1) is 24.0 Å². The van der Waals surface area contributed by atoms with E-state index in [-0.39, 0.29) is 24.0 Å². The van der Waals surface area contributed by atoms with Crippen LogP contribution in [0, 0.1) is 0 Å². The molecule has 2 fully saturated rings. The number of benzene rings is 1. The number of nitrogens with two attached hydrogens (primary N) is 1. The molecule has 5 nitrogen and oxygen atoms in total. The number of hydrogen-bond donors (Lipinski definition) is 1. The predicted octanol–water partition coefficient (Wildman–Crippen LogP) is 2.91. The summed E-state index contributed by atoms with van der Waals surface area (Å²) in [5.41, 5.74) is 8.39. The highest BCUT2D eigenvalue weighted by Crippen LogP contribution is 2.25. The van der Waals surface area contributed by atoms with Gasteiger partial charge < -0.3 is 20.1 Å². The molecule has 0 aromatic heterocycles. The Morgan fingerprint density at radius 3 is 2.42 bits per heavy atom. The van der Waals surface area contributed by atoms with Crippen molar-refractivity contribution >= 4 is 29.9 Å². The minimum atomic E-state index is 0. The first-order chi connectivity index (χ1) is 11.2. The smallest absolute Gasteiger partial charge is 0.191 e. The summed E-state index contributed by atoms with van der Waals surface area (Å²) < 4.78 is 11.3. The molecule has 2 aliphatic rings. The molecule has 0 bridgehead atoms. The Kier molecular flexibility index (Phi) is 7.77. The number of halogens is 1. The van der Waals surface area contributed by atoms with Crippen molar-refractivity contribution in [3.05, 3.63) is 35.4 Å². The fraction of sp³-hybridized carbons (Fsp3) is 0.611. The van der Waals surface area contributed by atoms with Gasteiger partial charge in [0, 0.05) is 26.3 Å². The second-order valence-electron chi connectivity index (χ2n) is 6.46. The Morgan fingerprint density at radius 1 is 1.17 bits per heavy atom. The van der Waals surface area contributed by atoms with E-state index in [9.17, 15) is 0 Å². The molecular formula is C18H28IN3O2. The molecule has 24 heavy (non-hydrogen) atoms. The number of nitrogens with zero attached hydrogens (tertiary/aromatic N) is 2. The lowest BCUT2D eigenvalue weighted by molar-refractivity contribution is -0.0390. The fourth-order valence-electron chi connectivity index (χ4n) is 2.73. The molecule has 0 unspecified atom stereocenters. The summed E-state index contributed by atoms with van der Waals surface area (Å²) >= 11 is 0. The van der Waals surface area contributed by atoms with Gasteiger partial charge in [-0.25, -0.2) is 4.99 Å². The summed E-state index contributed by atoms with van der Waals surface area (Å²) in [5, 5.41) is 0. The van der Waals surface area contributed by atoms with Crippen molar-refractivity contribution < 1.29 is 9.47 Å². The van der Waals surface area contributed by atoms with E-state index in [1.165, 1.54) is 24.0 Å². The van der Waals surface area contributed by atoms with Crippen LogP contribution >= 0.6 is 24.0 Å². The molecule has 0 atom stereocenters. The molecule has 1 saturated heterocycles. The average molecular weight is 445 g/mol. The van der Waals surface area contributed by atoms with Crippen molar-refractivity contribution in [3.8, 4) is 0 Å². The zero-order valence-corrected chi connectivity index (χ0v) is 16.6. The lowest BCUT2D eigenvalue weighted by Gasteiger charge is -2.22. The number of rotatable bonds is 6. The van der Waals surface area contributed by atoms with E-state index in [1.807, 2.05) is 7.05 Å². The van der Waals surface area contributed by atoms with E-state index >= 15 is 0 Å². The first kappa shape index (κ1) is 19.5. The molecule has 1 aliphatic carbocycles. The van der Waals surface area contributed by atoms with E-state index in [2.05, 4.69) is 34.2 Å². The van der Waals surface area contributed by atoms with Crippen LogP contribution in [0.15, 0.2) is 29.3 Å². The highest BCUT2D eigenvalue weighted by molar-refractivity contribution is 14.0. The first-order valence-electron chi connectivity index (χ1n) is 8.52. The third kappa shape index (κ3) is 5.89. The first-order valence-corrected chi connectivity index (χ1v) is 8.52. The van der Waals surface area contributed by atoms with Crippen LogP contribution in [-0.2, 0) is 22.6 Å². The van der Waals surface area contributed by atoms with Crippen LogP contribution in [0.4, 0.5) is 0 Å². The molecule has 0 radical (unpaired) electrons. The van der Waals surface area contributed by atoms with E-state index in [0.29, 0.717) is 31.3 Å². The fourth-order valence-corrected chi connectivity index (χ4v) is 2.73. The molecule has 0 spiro atoms. The molecule has 1 aliphatic heterocycles. The summed E-state index contributed by atoms with van der Waals surface area (Å²) in [5.74, 6) is 0.638. The van der Waals surface area contributed by atoms with Crippen molar-refractivity contribution in [1.82, 2.24) is 4.90 Å². The topological polar surface area (TPSA) is 60.1 Å². The van der Waals surface area contributed by atoms with Gasteiger partial charge in [-0.1, -0.05) is 24.3 Å². The van der Waals surface area contributed by atoms with Crippen LogP contribution in [-0.4, -0.2) is 43.3 Å². The minimum Gasteiger partial charge on any atom is -0.381 e. The predicted molar refractivity (Wildman–Crippen MR) is 107 cm³/mol. The molecule has 1 aromatic carbocycles. The molecular weight excluding hydrogens is 417 g/mol. The molecule has 2 N–H and O–H groups in total. The maximum Gasteiger partial charge on any atom is 0.191 e. The van der Waals surface area contributed by atoms with Gasteiger partial charge in [-0.2, -0.15) is 0 Å². The Balaban J connectivity index is 0.00000208. The van der Waals surface area contributed by atoms with Gasteiger partial charge in [0.2, 0.25) is 0 Å².